The van der Waals surface area contributed by atoms with Gasteiger partial charge in [-0.05, 0) is 0 Å². The molecule has 1 aliphatic carbocycles. The summed E-state index contributed by atoms with van der Waals surface area (Å²) in [6, 6.07) is 6.48. The zero-order valence-corrected chi connectivity index (χ0v) is 7.65. The van der Waals surface area contributed by atoms with Crippen molar-refractivity contribution in [2.45, 2.75) is 0 Å². The number of fused-ring (bicyclic) bond motifs is 1. The summed E-state index contributed by atoms with van der Waals surface area (Å²) in [7, 11) is 0. The van der Waals surface area contributed by atoms with Crippen molar-refractivity contribution in [3.8, 4) is 0 Å². The number of aliphatic hydroxyl groups is 1. The Balaban J connectivity index is 0.000000980. The molecule has 14 heavy (non-hydrogen) atoms. The van der Waals surface area contributed by atoms with Crippen LogP contribution in [0.5, 0.6) is 0 Å². The molecule has 0 fully saturated rings. The summed E-state index contributed by atoms with van der Waals surface area (Å²) in [5, 5.41) is 9.34. The minimum Gasteiger partial charge on any atom is -1.00 e. The molecule has 0 saturated carbocycles. The molecular formula is C10H7LiO3. The van der Waals surface area contributed by atoms with Gasteiger partial charge in [0.05, 0.1) is 0 Å². The number of rotatable bonds is 0. The van der Waals surface area contributed by atoms with Gasteiger partial charge in [-0.15, -0.1) is 0 Å². The zero-order chi connectivity index (χ0) is 9.42. The Bertz CT molecular complexity index is 440. The van der Waals surface area contributed by atoms with Crippen LogP contribution >= 0.6 is 0 Å². The van der Waals surface area contributed by atoms with Gasteiger partial charge in [-0.2, -0.15) is 0 Å². The van der Waals surface area contributed by atoms with E-state index >= 15 is 0 Å². The van der Waals surface area contributed by atoms with E-state index in [1.807, 2.05) is 0 Å². The van der Waals surface area contributed by atoms with Gasteiger partial charge in [0.15, 0.2) is 0 Å². The van der Waals surface area contributed by atoms with Gasteiger partial charge < -0.3 is 6.53 Å². The minimum atomic E-state index is -0.670. The fourth-order valence-electron chi connectivity index (χ4n) is 1.30. The van der Waals surface area contributed by atoms with Gasteiger partial charge >= 0.3 is 18.9 Å². The minimum absolute atomic E-state index is 0. The molecule has 66 valence electrons. The molecule has 2 rings (SSSR count). The van der Waals surface area contributed by atoms with Gasteiger partial charge in [-0.3, -0.25) is 9.59 Å². The summed E-state index contributed by atoms with van der Waals surface area (Å²) in [5.41, 5.74) is 0.694. The number of allylic oxidation sites excluding steroid dienone is 1. The first kappa shape index (κ1) is 10.8. The Labute approximate surface area is 94.1 Å². The van der Waals surface area contributed by atoms with Crippen molar-refractivity contribution in [3.05, 3.63) is 41.5 Å². The monoisotopic (exact) mass is 182 g/mol. The summed E-state index contributed by atoms with van der Waals surface area (Å²) < 4.78 is 0. The van der Waals surface area contributed by atoms with Gasteiger partial charge in [-0.1, -0.05) is 24.3 Å². The molecule has 0 atom stereocenters. The Hall–Kier alpha value is -1.30. The average molecular weight is 182 g/mol. The van der Waals surface area contributed by atoms with Gasteiger partial charge in [0, 0.05) is 17.2 Å². The number of aliphatic hydroxyl groups excluding tert-OH is 1. The molecule has 0 aromatic heterocycles. The van der Waals surface area contributed by atoms with Crippen molar-refractivity contribution in [2.24, 2.45) is 0 Å². The number of Topliss-reactive ketones (excluding diaryl/α,β-unsaturated/α-hetero) is 1. The molecule has 0 radical (unpaired) electrons. The molecule has 0 heterocycles. The van der Waals surface area contributed by atoms with Crippen molar-refractivity contribution < 1.29 is 35.0 Å². The molecular weight excluding hydrogens is 175 g/mol. The Morgan fingerprint density at radius 1 is 1.07 bits per heavy atom. The summed E-state index contributed by atoms with van der Waals surface area (Å²) in [6.07, 6.45) is 0.949. The first-order chi connectivity index (χ1) is 6.20. The van der Waals surface area contributed by atoms with E-state index in [0.717, 1.165) is 6.08 Å². The number of carbonyl (C=O) groups is 2. The van der Waals surface area contributed by atoms with Crippen molar-refractivity contribution in [2.75, 3.05) is 0 Å². The van der Waals surface area contributed by atoms with Crippen LogP contribution in [0, 0.1) is 0 Å². The van der Waals surface area contributed by atoms with E-state index in [2.05, 4.69) is 0 Å². The number of ketones is 2. The topological polar surface area (TPSA) is 54.4 Å². The van der Waals surface area contributed by atoms with E-state index in [4.69, 9.17) is 0 Å². The fraction of sp³-hybridized carbons (Fsp3) is 0. The molecule has 0 saturated heterocycles. The number of carbonyl (C=O) groups excluding carboxylic acids is 2. The van der Waals surface area contributed by atoms with Crippen molar-refractivity contribution in [1.82, 2.24) is 0 Å². The number of hydrogen-bond donors (Lipinski definition) is 1. The first-order valence-electron chi connectivity index (χ1n) is 3.79. The molecule has 1 aromatic rings. The van der Waals surface area contributed by atoms with E-state index in [1.165, 1.54) is 6.07 Å². The predicted molar refractivity (Wildman–Crippen MR) is 47.5 cm³/mol. The molecule has 4 heteroatoms. The Morgan fingerprint density at radius 2 is 1.64 bits per heavy atom. The van der Waals surface area contributed by atoms with Crippen LogP contribution in [0.4, 0.5) is 0 Å². The van der Waals surface area contributed by atoms with Crippen LogP contribution in [-0.4, -0.2) is 16.7 Å². The van der Waals surface area contributed by atoms with Crippen LogP contribution < -0.4 is 18.9 Å². The van der Waals surface area contributed by atoms with Gasteiger partial charge in [-0.25, -0.2) is 0 Å². The van der Waals surface area contributed by atoms with E-state index in [9.17, 15) is 14.7 Å². The maximum absolute atomic E-state index is 11.3. The van der Waals surface area contributed by atoms with Gasteiger partial charge in [0.2, 0.25) is 11.6 Å². The van der Waals surface area contributed by atoms with Gasteiger partial charge in [0.1, 0.15) is 5.76 Å². The maximum Gasteiger partial charge on any atom is 1.00 e. The molecule has 1 N–H and O–H groups in total. The summed E-state index contributed by atoms with van der Waals surface area (Å²) in [4.78, 5) is 22.2. The number of hydrogen-bond acceptors (Lipinski definition) is 3. The predicted octanol–water partition coefficient (Wildman–Crippen LogP) is -1.53. The van der Waals surface area contributed by atoms with Crippen LogP contribution in [0.1, 0.15) is 17.3 Å². The summed E-state index contributed by atoms with van der Waals surface area (Å²) >= 11 is 0. The second kappa shape index (κ2) is 3.83. The van der Waals surface area contributed by atoms with E-state index in [1.54, 1.807) is 18.2 Å². The van der Waals surface area contributed by atoms with Crippen molar-refractivity contribution in [3.63, 3.8) is 0 Å². The second-order valence-electron chi connectivity index (χ2n) is 2.77. The van der Waals surface area contributed by atoms with E-state index in [0.29, 0.717) is 5.56 Å². The smallest absolute Gasteiger partial charge is 1.00 e. The normalized spacial score (nSPS) is 14.1. The van der Waals surface area contributed by atoms with Crippen LogP contribution in [0.2, 0.25) is 0 Å². The summed E-state index contributed by atoms with van der Waals surface area (Å²) in [5.74, 6) is -1.37. The van der Waals surface area contributed by atoms with Gasteiger partial charge in [0.25, 0.3) is 0 Å². The third-order valence-electron chi connectivity index (χ3n) is 1.94. The standard InChI is InChI=1S/C10H6O3.Li.H/c11-8-5-9(12)10(13)7-4-2-1-3-6(7)8;;/h1-5,11H;;/q;+1;-1. The van der Waals surface area contributed by atoms with Crippen molar-refractivity contribution in [1.29, 1.82) is 0 Å². The molecule has 0 unspecified atom stereocenters. The molecule has 0 bridgehead atoms. The molecule has 0 amide bonds. The van der Waals surface area contributed by atoms with E-state index in [-0.39, 0.29) is 31.6 Å². The fourth-order valence-corrected chi connectivity index (χ4v) is 1.30. The zero-order valence-electron chi connectivity index (χ0n) is 8.65. The average Bonchev–Trinajstić information content (AvgIpc) is 2.15. The molecule has 3 nitrogen and oxygen atoms in total. The van der Waals surface area contributed by atoms with E-state index < -0.39 is 11.6 Å². The van der Waals surface area contributed by atoms with Crippen LogP contribution in [-0.2, 0) is 4.79 Å². The third-order valence-corrected chi connectivity index (χ3v) is 1.94. The largest absolute Gasteiger partial charge is 1.00 e. The third kappa shape index (κ3) is 1.52. The molecule has 1 aromatic carbocycles. The molecule has 1 aliphatic rings. The van der Waals surface area contributed by atoms with Crippen LogP contribution in [0.15, 0.2) is 30.3 Å². The Morgan fingerprint density at radius 3 is 2.29 bits per heavy atom. The second-order valence-corrected chi connectivity index (χ2v) is 2.77. The van der Waals surface area contributed by atoms with Crippen molar-refractivity contribution >= 4 is 17.3 Å². The van der Waals surface area contributed by atoms with Crippen LogP contribution in [0.3, 0.4) is 0 Å². The first-order valence-corrected chi connectivity index (χ1v) is 3.79. The quantitative estimate of drug-likeness (QED) is 0.391. The number of benzene rings is 1. The molecule has 0 spiro atoms. The SMILES string of the molecule is O=C1C=C(O)c2ccccc2C1=O.[H-].[Li+]. The summed E-state index contributed by atoms with van der Waals surface area (Å²) in [6.45, 7) is 0. The Kier molecular flexibility index (Phi) is 2.95. The molecule has 0 aliphatic heterocycles. The maximum atomic E-state index is 11.3. The van der Waals surface area contributed by atoms with Crippen LogP contribution in [0.25, 0.3) is 5.76 Å².